The van der Waals surface area contributed by atoms with Crippen LogP contribution in [-0.2, 0) is 13.2 Å². The number of carbonyl (C=O) groups is 1. The van der Waals surface area contributed by atoms with Crippen LogP contribution in [0, 0.1) is 42.9 Å². The first-order chi connectivity index (χ1) is 17.6. The van der Waals surface area contributed by atoms with Crippen molar-refractivity contribution >= 4 is 11.6 Å². The first kappa shape index (κ1) is 25.7. The van der Waals surface area contributed by atoms with E-state index in [-0.39, 0.29) is 29.4 Å². The summed E-state index contributed by atoms with van der Waals surface area (Å²) in [6.45, 7) is 2.28. The Bertz CT molecular complexity index is 1440. The minimum Gasteiger partial charge on any atom is -0.497 e. The Labute approximate surface area is 207 Å². The molecule has 4 rings (SSSR count). The van der Waals surface area contributed by atoms with Gasteiger partial charge < -0.3 is 19.2 Å². The highest BCUT2D eigenvalue weighted by Gasteiger charge is 2.27. The Kier molecular flexibility index (Phi) is 7.18. The fourth-order valence-electron chi connectivity index (χ4n) is 3.55. The number of halogens is 5. The maximum atomic E-state index is 14.1. The van der Waals surface area contributed by atoms with Crippen molar-refractivity contribution in [2.75, 3.05) is 12.4 Å². The normalized spacial score (nSPS) is 11.0. The molecule has 0 saturated carbocycles. The Hall–Kier alpha value is -4.35. The van der Waals surface area contributed by atoms with Gasteiger partial charge in [0.2, 0.25) is 5.82 Å². The van der Waals surface area contributed by atoms with E-state index in [9.17, 15) is 26.7 Å². The van der Waals surface area contributed by atoms with Gasteiger partial charge in [-0.05, 0) is 50.2 Å². The van der Waals surface area contributed by atoms with Gasteiger partial charge in [0.05, 0.1) is 36.3 Å². The van der Waals surface area contributed by atoms with Gasteiger partial charge in [0.1, 0.15) is 23.9 Å². The van der Waals surface area contributed by atoms with Crippen LogP contribution in [0.15, 0.2) is 40.8 Å². The van der Waals surface area contributed by atoms with E-state index < -0.39 is 47.1 Å². The first-order valence-corrected chi connectivity index (χ1v) is 10.8. The molecule has 2 aromatic heterocycles. The van der Waals surface area contributed by atoms with Crippen molar-refractivity contribution in [3.63, 3.8) is 0 Å². The Balaban J connectivity index is 1.46. The van der Waals surface area contributed by atoms with E-state index in [0.29, 0.717) is 17.3 Å². The largest absolute Gasteiger partial charge is 0.497 e. The lowest BCUT2D eigenvalue weighted by atomic mass is 10.1. The average Bonchev–Trinajstić information content (AvgIpc) is 3.48. The van der Waals surface area contributed by atoms with Crippen molar-refractivity contribution in [1.82, 2.24) is 9.78 Å². The first-order valence-electron chi connectivity index (χ1n) is 10.8. The number of rotatable bonds is 8. The maximum absolute atomic E-state index is 14.1. The average molecular weight is 521 g/mol. The molecule has 4 aromatic rings. The van der Waals surface area contributed by atoms with Crippen LogP contribution < -0.4 is 14.8 Å². The molecule has 37 heavy (non-hydrogen) atoms. The second-order valence-corrected chi connectivity index (χ2v) is 7.94. The molecule has 0 aliphatic heterocycles. The Morgan fingerprint density at radius 1 is 0.919 bits per heavy atom. The van der Waals surface area contributed by atoms with Crippen LogP contribution in [0.4, 0.5) is 27.6 Å². The van der Waals surface area contributed by atoms with Crippen LogP contribution in [0.3, 0.4) is 0 Å². The molecule has 0 radical (unpaired) electrons. The molecule has 12 heteroatoms. The minimum absolute atomic E-state index is 0.0420. The van der Waals surface area contributed by atoms with Crippen molar-refractivity contribution < 1.29 is 40.6 Å². The van der Waals surface area contributed by atoms with E-state index in [1.54, 1.807) is 37.4 Å². The van der Waals surface area contributed by atoms with Crippen LogP contribution in [-0.4, -0.2) is 22.8 Å². The minimum atomic E-state index is -2.24. The summed E-state index contributed by atoms with van der Waals surface area (Å²) in [6.07, 6.45) is 0. The Morgan fingerprint density at radius 2 is 1.51 bits per heavy atom. The number of benzene rings is 2. The quantitative estimate of drug-likeness (QED) is 0.184. The van der Waals surface area contributed by atoms with Crippen LogP contribution in [0.25, 0.3) is 0 Å². The lowest BCUT2D eigenvalue weighted by Crippen LogP contribution is -2.14. The van der Waals surface area contributed by atoms with Crippen molar-refractivity contribution in [2.24, 2.45) is 0 Å². The molecule has 0 spiro atoms. The molecule has 1 N–H and O–H groups in total. The molecular formula is C25H20F5N3O4. The van der Waals surface area contributed by atoms with E-state index in [1.165, 1.54) is 19.9 Å². The van der Waals surface area contributed by atoms with Crippen LogP contribution in [0.1, 0.15) is 33.3 Å². The molecule has 7 nitrogen and oxygen atoms in total. The van der Waals surface area contributed by atoms with Gasteiger partial charge in [0, 0.05) is 0 Å². The number of aromatic nitrogens is 2. The Morgan fingerprint density at radius 3 is 2.14 bits per heavy atom. The predicted molar refractivity (Wildman–Crippen MR) is 121 cm³/mol. The van der Waals surface area contributed by atoms with Gasteiger partial charge >= 0.3 is 0 Å². The van der Waals surface area contributed by atoms with Crippen LogP contribution in [0.5, 0.6) is 11.5 Å². The summed E-state index contributed by atoms with van der Waals surface area (Å²) in [4.78, 5) is 12.7. The maximum Gasteiger partial charge on any atom is 0.291 e. The zero-order valence-corrected chi connectivity index (χ0v) is 19.8. The fourth-order valence-corrected chi connectivity index (χ4v) is 3.55. The molecule has 0 saturated heterocycles. The monoisotopic (exact) mass is 521 g/mol. The number of amides is 1. The second kappa shape index (κ2) is 10.3. The van der Waals surface area contributed by atoms with E-state index in [4.69, 9.17) is 13.9 Å². The third-order valence-electron chi connectivity index (χ3n) is 5.55. The van der Waals surface area contributed by atoms with Crippen LogP contribution in [0.2, 0.25) is 0 Å². The molecule has 0 atom stereocenters. The van der Waals surface area contributed by atoms with Crippen molar-refractivity contribution in [3.8, 4) is 11.5 Å². The van der Waals surface area contributed by atoms with Crippen molar-refractivity contribution in [1.29, 1.82) is 0 Å². The summed E-state index contributed by atoms with van der Waals surface area (Å²) >= 11 is 0. The third-order valence-corrected chi connectivity index (χ3v) is 5.55. The van der Waals surface area contributed by atoms with Gasteiger partial charge in [-0.2, -0.15) is 5.10 Å². The number of nitrogens with zero attached hydrogens (tertiary/aromatic N) is 2. The highest BCUT2D eigenvalue weighted by Crippen LogP contribution is 2.27. The fraction of sp³-hybridized carbons (Fsp3) is 0.200. The summed E-state index contributed by atoms with van der Waals surface area (Å²) in [5, 5.41) is 6.66. The second-order valence-electron chi connectivity index (χ2n) is 7.94. The summed E-state index contributed by atoms with van der Waals surface area (Å²) < 4.78 is 85.9. The molecule has 1 amide bonds. The van der Waals surface area contributed by atoms with Crippen molar-refractivity contribution in [2.45, 2.75) is 27.0 Å². The highest BCUT2D eigenvalue weighted by atomic mass is 19.2. The number of nitrogens with one attached hydrogen (secondary N) is 1. The van der Waals surface area contributed by atoms with E-state index in [0.717, 1.165) is 4.68 Å². The molecule has 2 heterocycles. The molecular weight excluding hydrogens is 501 g/mol. The number of furan rings is 1. The van der Waals surface area contributed by atoms with E-state index in [1.807, 2.05) is 0 Å². The van der Waals surface area contributed by atoms with E-state index >= 15 is 0 Å². The lowest BCUT2D eigenvalue weighted by Gasteiger charge is -2.10. The van der Waals surface area contributed by atoms with Gasteiger partial charge in [-0.3, -0.25) is 9.48 Å². The van der Waals surface area contributed by atoms with Gasteiger partial charge in [0.25, 0.3) is 5.91 Å². The summed E-state index contributed by atoms with van der Waals surface area (Å²) in [6, 6.07) is 9.88. The molecule has 0 aliphatic carbocycles. The molecule has 0 bridgehead atoms. The predicted octanol–water partition coefficient (Wildman–Crippen LogP) is 5.68. The number of hydrogen-bond acceptors (Lipinski definition) is 5. The number of aryl methyl sites for hydroxylation is 1. The standard InChI is InChI=1S/C25H20F5N3O4/c1-12-24(13(2)33(32-12)10-17-19(26)21(28)23(30)22(29)20(17)27)31-25(34)18-9-8-16(37-18)11-36-15-6-4-14(35-3)5-7-15/h4-9H,10-11H2,1-3H3,(H,31,34). The molecule has 0 fully saturated rings. The zero-order chi connectivity index (χ0) is 26.9. The number of anilines is 1. The van der Waals surface area contributed by atoms with Crippen LogP contribution >= 0.6 is 0 Å². The topological polar surface area (TPSA) is 78.5 Å². The molecule has 0 aliphatic rings. The SMILES string of the molecule is COc1ccc(OCc2ccc(C(=O)Nc3c(C)nn(Cc4c(F)c(F)c(F)c(F)c4F)c3C)o2)cc1. The highest BCUT2D eigenvalue weighted by molar-refractivity contribution is 6.02. The van der Waals surface area contributed by atoms with Gasteiger partial charge in [0.15, 0.2) is 29.0 Å². The number of carbonyl (C=O) groups excluding carboxylic acids is 1. The van der Waals surface area contributed by atoms with E-state index in [2.05, 4.69) is 10.4 Å². The van der Waals surface area contributed by atoms with Gasteiger partial charge in [-0.25, -0.2) is 22.0 Å². The lowest BCUT2D eigenvalue weighted by molar-refractivity contribution is 0.0992. The molecule has 194 valence electrons. The summed E-state index contributed by atoms with van der Waals surface area (Å²) in [5.41, 5.74) is -0.373. The van der Waals surface area contributed by atoms with Gasteiger partial charge in [-0.1, -0.05) is 0 Å². The number of methoxy groups -OCH3 is 1. The third kappa shape index (κ3) is 5.13. The van der Waals surface area contributed by atoms with Crippen molar-refractivity contribution in [3.05, 3.63) is 94.0 Å². The molecule has 0 unspecified atom stereocenters. The zero-order valence-electron chi connectivity index (χ0n) is 19.8. The summed E-state index contributed by atoms with van der Waals surface area (Å²) in [5.74, 6) is -9.31. The van der Waals surface area contributed by atoms with Gasteiger partial charge in [-0.15, -0.1) is 0 Å². The summed E-state index contributed by atoms with van der Waals surface area (Å²) in [7, 11) is 1.55. The number of ether oxygens (including phenoxy) is 2. The smallest absolute Gasteiger partial charge is 0.291 e. The molecule has 2 aromatic carbocycles. The number of hydrogen-bond donors (Lipinski definition) is 1.